The zero-order valence-corrected chi connectivity index (χ0v) is 18.6. The third-order valence-electron chi connectivity index (χ3n) is 4.19. The summed E-state index contributed by atoms with van der Waals surface area (Å²) in [6.07, 6.45) is 1.51. The van der Waals surface area contributed by atoms with E-state index in [0.717, 1.165) is 5.56 Å². The Balaban J connectivity index is 2.14. The van der Waals surface area contributed by atoms with Crippen molar-refractivity contribution in [1.82, 2.24) is 4.57 Å². The van der Waals surface area contributed by atoms with E-state index < -0.39 is 17.6 Å². The molecule has 2 rings (SSSR count). The van der Waals surface area contributed by atoms with E-state index in [1.165, 1.54) is 10.6 Å². The van der Waals surface area contributed by atoms with Gasteiger partial charge in [0.1, 0.15) is 17.4 Å². The lowest BCUT2D eigenvalue weighted by Gasteiger charge is -2.20. The van der Waals surface area contributed by atoms with Gasteiger partial charge in [0, 0.05) is 11.8 Å². The number of esters is 1. The fraction of sp³-hybridized carbons (Fsp3) is 0.435. The summed E-state index contributed by atoms with van der Waals surface area (Å²) in [7, 11) is 0. The Bertz CT molecular complexity index is 969. The molecule has 1 unspecified atom stereocenters. The molecule has 0 saturated carbocycles. The van der Waals surface area contributed by atoms with Gasteiger partial charge in [-0.3, -0.25) is 14.2 Å². The van der Waals surface area contributed by atoms with Gasteiger partial charge in [0.25, 0.3) is 5.56 Å². The van der Waals surface area contributed by atoms with Crippen LogP contribution in [0, 0.1) is 6.92 Å². The maximum Gasteiger partial charge on any atom is 0.338 e. The molecule has 1 N–H and O–H groups in total. The highest BCUT2D eigenvalue weighted by molar-refractivity contribution is 5.95. The third-order valence-corrected chi connectivity index (χ3v) is 4.19. The number of hydrogen-bond acceptors (Lipinski definition) is 5. The standard InChI is InChI=1S/C23H30N2O5/c1-14(2)29-19-13-25(20(26)12-15(19)3)16(4)21(27)24-18-10-8-17(9-11-18)22(28)30-23(5,6)7/h8-14,16H,1-7H3,(H,24,27). The SMILES string of the molecule is Cc1cc(=O)n(C(C)C(=O)Nc2ccc(C(=O)OC(C)(C)C)cc2)cc1OC(C)C. The van der Waals surface area contributed by atoms with Crippen LogP contribution in [0.5, 0.6) is 5.75 Å². The molecular weight excluding hydrogens is 384 g/mol. The van der Waals surface area contributed by atoms with Crippen LogP contribution in [0.15, 0.2) is 41.3 Å². The maximum absolute atomic E-state index is 12.7. The summed E-state index contributed by atoms with van der Waals surface area (Å²) >= 11 is 0. The summed E-state index contributed by atoms with van der Waals surface area (Å²) in [5.41, 5.74) is 0.750. The minimum absolute atomic E-state index is 0.0535. The number of nitrogens with zero attached hydrogens (tertiary/aromatic N) is 1. The quantitative estimate of drug-likeness (QED) is 0.719. The average molecular weight is 415 g/mol. The van der Waals surface area contributed by atoms with Crippen molar-refractivity contribution in [1.29, 1.82) is 0 Å². The molecule has 0 radical (unpaired) electrons. The minimum atomic E-state index is -0.752. The fourth-order valence-electron chi connectivity index (χ4n) is 2.70. The monoisotopic (exact) mass is 414 g/mol. The number of carbonyl (C=O) groups is 2. The first-order valence-electron chi connectivity index (χ1n) is 9.91. The smallest absolute Gasteiger partial charge is 0.338 e. The number of amides is 1. The number of anilines is 1. The van der Waals surface area contributed by atoms with Crippen LogP contribution in [0.2, 0.25) is 0 Å². The number of aryl methyl sites for hydroxylation is 1. The van der Waals surface area contributed by atoms with Gasteiger partial charge in [0.05, 0.1) is 17.9 Å². The lowest BCUT2D eigenvalue weighted by atomic mass is 10.1. The summed E-state index contributed by atoms with van der Waals surface area (Å²) < 4.78 is 12.4. The van der Waals surface area contributed by atoms with E-state index in [9.17, 15) is 14.4 Å². The molecule has 2 aromatic rings. The summed E-state index contributed by atoms with van der Waals surface area (Å²) in [4.78, 5) is 37.2. The third kappa shape index (κ3) is 6.20. The van der Waals surface area contributed by atoms with Crippen LogP contribution in [0.1, 0.15) is 63.5 Å². The molecule has 0 saturated heterocycles. The Kier molecular flexibility index (Phi) is 7.08. The van der Waals surface area contributed by atoms with Crippen molar-refractivity contribution in [3.8, 4) is 5.75 Å². The van der Waals surface area contributed by atoms with Gasteiger partial charge in [-0.25, -0.2) is 4.79 Å². The van der Waals surface area contributed by atoms with Crippen LogP contribution < -0.4 is 15.6 Å². The molecule has 1 aromatic carbocycles. The molecular formula is C23H30N2O5. The topological polar surface area (TPSA) is 86.6 Å². The molecule has 0 bridgehead atoms. The van der Waals surface area contributed by atoms with Crippen LogP contribution >= 0.6 is 0 Å². The predicted molar refractivity (Wildman–Crippen MR) is 116 cm³/mol. The molecule has 1 atom stereocenters. The van der Waals surface area contributed by atoms with Crippen LogP contribution in [-0.4, -0.2) is 28.1 Å². The van der Waals surface area contributed by atoms with Gasteiger partial charge >= 0.3 is 5.97 Å². The second-order valence-electron chi connectivity index (χ2n) is 8.48. The number of aromatic nitrogens is 1. The number of hydrogen-bond donors (Lipinski definition) is 1. The Morgan fingerprint density at radius 1 is 1.07 bits per heavy atom. The Morgan fingerprint density at radius 3 is 2.20 bits per heavy atom. The number of pyridine rings is 1. The normalized spacial score (nSPS) is 12.4. The second kappa shape index (κ2) is 9.15. The molecule has 0 aliphatic rings. The predicted octanol–water partition coefficient (Wildman–Crippen LogP) is 4.10. The number of rotatable bonds is 6. The highest BCUT2D eigenvalue weighted by Gasteiger charge is 2.20. The number of carbonyl (C=O) groups excluding carboxylic acids is 2. The fourth-order valence-corrected chi connectivity index (χ4v) is 2.70. The summed E-state index contributed by atoms with van der Waals surface area (Å²) in [6, 6.07) is 7.11. The summed E-state index contributed by atoms with van der Waals surface area (Å²) in [5.74, 6) is -0.231. The zero-order chi connectivity index (χ0) is 22.6. The molecule has 1 aromatic heterocycles. The van der Waals surface area contributed by atoms with Crippen molar-refractivity contribution in [2.24, 2.45) is 0 Å². The van der Waals surface area contributed by atoms with Gasteiger partial charge in [-0.05, 0) is 78.3 Å². The Labute approximate surface area is 177 Å². The maximum atomic E-state index is 12.7. The molecule has 162 valence electrons. The van der Waals surface area contributed by atoms with Crippen molar-refractivity contribution < 1.29 is 19.1 Å². The van der Waals surface area contributed by atoms with Crippen molar-refractivity contribution >= 4 is 17.6 Å². The first kappa shape index (κ1) is 23.2. The van der Waals surface area contributed by atoms with E-state index in [1.54, 1.807) is 65.1 Å². The molecule has 7 nitrogen and oxygen atoms in total. The van der Waals surface area contributed by atoms with E-state index >= 15 is 0 Å². The molecule has 0 aliphatic carbocycles. The first-order chi connectivity index (χ1) is 13.9. The summed E-state index contributed by atoms with van der Waals surface area (Å²) in [5, 5.41) is 2.77. The highest BCUT2D eigenvalue weighted by Crippen LogP contribution is 2.20. The minimum Gasteiger partial charge on any atom is -0.489 e. The van der Waals surface area contributed by atoms with Crippen LogP contribution in [0.3, 0.4) is 0 Å². The Hall–Kier alpha value is -3.09. The van der Waals surface area contributed by atoms with Crippen molar-refractivity contribution in [3.05, 3.63) is 58.0 Å². The van der Waals surface area contributed by atoms with Gasteiger partial charge in [0.2, 0.25) is 5.91 Å². The van der Waals surface area contributed by atoms with E-state index in [0.29, 0.717) is 17.0 Å². The number of ether oxygens (including phenoxy) is 2. The summed E-state index contributed by atoms with van der Waals surface area (Å²) in [6.45, 7) is 12.6. The lowest BCUT2D eigenvalue weighted by molar-refractivity contribution is -0.118. The lowest BCUT2D eigenvalue weighted by Crippen LogP contribution is -2.31. The molecule has 30 heavy (non-hydrogen) atoms. The van der Waals surface area contributed by atoms with Crippen LogP contribution in [0.25, 0.3) is 0 Å². The van der Waals surface area contributed by atoms with Gasteiger partial charge in [-0.15, -0.1) is 0 Å². The number of benzene rings is 1. The second-order valence-corrected chi connectivity index (χ2v) is 8.48. The number of nitrogens with one attached hydrogen (secondary N) is 1. The van der Waals surface area contributed by atoms with Crippen molar-refractivity contribution in [2.45, 2.75) is 66.2 Å². The average Bonchev–Trinajstić information content (AvgIpc) is 2.62. The molecule has 0 aliphatic heterocycles. The molecule has 0 spiro atoms. The van der Waals surface area contributed by atoms with Gasteiger partial charge in [0.15, 0.2) is 0 Å². The van der Waals surface area contributed by atoms with Gasteiger partial charge in [-0.1, -0.05) is 0 Å². The largest absolute Gasteiger partial charge is 0.489 e. The molecule has 1 heterocycles. The Morgan fingerprint density at radius 2 is 1.67 bits per heavy atom. The zero-order valence-electron chi connectivity index (χ0n) is 18.6. The highest BCUT2D eigenvalue weighted by atomic mass is 16.6. The van der Waals surface area contributed by atoms with Gasteiger partial charge in [-0.2, -0.15) is 0 Å². The van der Waals surface area contributed by atoms with Crippen LogP contribution in [0.4, 0.5) is 5.69 Å². The van der Waals surface area contributed by atoms with Crippen molar-refractivity contribution in [2.75, 3.05) is 5.32 Å². The van der Waals surface area contributed by atoms with Crippen molar-refractivity contribution in [3.63, 3.8) is 0 Å². The molecule has 7 heteroatoms. The van der Waals surface area contributed by atoms with E-state index in [4.69, 9.17) is 9.47 Å². The van der Waals surface area contributed by atoms with Gasteiger partial charge < -0.3 is 14.8 Å². The van der Waals surface area contributed by atoms with E-state index in [1.807, 2.05) is 13.8 Å². The molecule has 0 fully saturated rings. The van der Waals surface area contributed by atoms with E-state index in [2.05, 4.69) is 5.32 Å². The first-order valence-corrected chi connectivity index (χ1v) is 9.91. The van der Waals surface area contributed by atoms with E-state index in [-0.39, 0.29) is 17.6 Å². The van der Waals surface area contributed by atoms with Crippen LogP contribution in [-0.2, 0) is 9.53 Å². The molecule has 1 amide bonds.